The van der Waals surface area contributed by atoms with E-state index in [0.717, 1.165) is 5.56 Å². The van der Waals surface area contributed by atoms with Gasteiger partial charge in [-0.3, -0.25) is 14.5 Å². The number of halogens is 1. The molecule has 0 bridgehead atoms. The van der Waals surface area contributed by atoms with Crippen molar-refractivity contribution >= 4 is 34.5 Å². The summed E-state index contributed by atoms with van der Waals surface area (Å²) < 4.78 is 24.6. The predicted octanol–water partition coefficient (Wildman–Crippen LogP) is 4.55. The Labute approximate surface area is 180 Å². The van der Waals surface area contributed by atoms with Gasteiger partial charge in [-0.25, -0.2) is 4.39 Å². The number of rotatable bonds is 3. The van der Waals surface area contributed by atoms with Gasteiger partial charge in [0.1, 0.15) is 17.6 Å². The van der Waals surface area contributed by atoms with Gasteiger partial charge in [-0.15, -0.1) is 11.3 Å². The minimum atomic E-state index is -0.882. The number of fused-ring (bicyclic) bond motifs is 1. The van der Waals surface area contributed by atoms with Crippen LogP contribution in [-0.2, 0) is 9.59 Å². The highest BCUT2D eigenvalue weighted by atomic mass is 32.1. The number of thiophene rings is 1. The molecule has 6 nitrogen and oxygen atoms in total. The fraction of sp³-hybridized carbons (Fsp3) is 0.130. The summed E-state index contributed by atoms with van der Waals surface area (Å²) in [7, 11) is 0. The van der Waals surface area contributed by atoms with Gasteiger partial charge >= 0.3 is 0 Å². The van der Waals surface area contributed by atoms with Gasteiger partial charge in [0, 0.05) is 16.1 Å². The highest BCUT2D eigenvalue weighted by Crippen LogP contribution is 2.45. The third-order valence-corrected chi connectivity index (χ3v) is 6.40. The van der Waals surface area contributed by atoms with Gasteiger partial charge < -0.3 is 14.6 Å². The molecule has 1 unspecified atom stereocenters. The van der Waals surface area contributed by atoms with E-state index in [9.17, 15) is 19.1 Å². The minimum absolute atomic E-state index is 0.0568. The number of benzene rings is 2. The fourth-order valence-electron chi connectivity index (χ4n) is 3.84. The Morgan fingerprint density at radius 3 is 2.68 bits per heavy atom. The van der Waals surface area contributed by atoms with Crippen molar-refractivity contribution in [1.29, 1.82) is 0 Å². The van der Waals surface area contributed by atoms with Crippen molar-refractivity contribution in [1.82, 2.24) is 0 Å². The lowest BCUT2D eigenvalue weighted by Crippen LogP contribution is -2.29. The SMILES string of the molecule is Cc1ccsc1C1/C(=C(/O)c2ccc3c(c2)OCO3)C(=O)C(=O)N1c1cccc(F)c1. The van der Waals surface area contributed by atoms with Gasteiger partial charge in [-0.05, 0) is 60.3 Å². The predicted molar refractivity (Wildman–Crippen MR) is 113 cm³/mol. The summed E-state index contributed by atoms with van der Waals surface area (Å²) >= 11 is 1.36. The second-order valence-electron chi connectivity index (χ2n) is 7.18. The van der Waals surface area contributed by atoms with Crippen molar-refractivity contribution in [3.63, 3.8) is 0 Å². The number of ketones is 1. The lowest BCUT2D eigenvalue weighted by Gasteiger charge is -2.25. The van der Waals surface area contributed by atoms with Crippen LogP contribution in [0.3, 0.4) is 0 Å². The fourth-order valence-corrected chi connectivity index (χ4v) is 4.86. The van der Waals surface area contributed by atoms with E-state index < -0.39 is 23.5 Å². The quantitative estimate of drug-likeness (QED) is 0.370. The maximum atomic E-state index is 13.9. The number of carbonyl (C=O) groups excluding carboxylic acids is 2. The van der Waals surface area contributed by atoms with Gasteiger partial charge in [0.15, 0.2) is 11.5 Å². The molecule has 2 aromatic carbocycles. The van der Waals surface area contributed by atoms with E-state index >= 15 is 0 Å². The second kappa shape index (κ2) is 7.24. The molecular weight excluding hydrogens is 421 g/mol. The third-order valence-electron chi connectivity index (χ3n) is 5.33. The Balaban J connectivity index is 1.72. The summed E-state index contributed by atoms with van der Waals surface area (Å²) in [6, 6.07) is 11.3. The summed E-state index contributed by atoms with van der Waals surface area (Å²) in [5.74, 6) is -1.55. The number of aliphatic hydroxyl groups is 1. The van der Waals surface area contributed by atoms with Crippen molar-refractivity contribution in [2.24, 2.45) is 0 Å². The number of Topliss-reactive ketones (excluding diaryl/α,β-unsaturated/α-hetero) is 1. The Bertz CT molecular complexity index is 1260. The largest absolute Gasteiger partial charge is 0.507 e. The number of aryl methyl sites for hydroxylation is 1. The molecule has 156 valence electrons. The van der Waals surface area contributed by atoms with Gasteiger partial charge in [0.25, 0.3) is 11.7 Å². The lowest BCUT2D eigenvalue weighted by molar-refractivity contribution is -0.132. The number of aliphatic hydroxyl groups excluding tert-OH is 1. The first kappa shape index (κ1) is 19.3. The van der Waals surface area contributed by atoms with Crippen LogP contribution >= 0.6 is 11.3 Å². The average molecular weight is 437 g/mol. The van der Waals surface area contributed by atoms with Crippen LogP contribution in [0.2, 0.25) is 0 Å². The molecular formula is C23H16FNO5S. The molecule has 0 aliphatic carbocycles. The summed E-state index contributed by atoms with van der Waals surface area (Å²) in [4.78, 5) is 28.1. The highest BCUT2D eigenvalue weighted by molar-refractivity contribution is 7.10. The zero-order chi connectivity index (χ0) is 21.7. The summed E-state index contributed by atoms with van der Waals surface area (Å²) in [5, 5.41) is 13.0. The lowest BCUT2D eigenvalue weighted by atomic mass is 9.98. The molecule has 5 rings (SSSR count). The normalized spacial score (nSPS) is 19.3. The Morgan fingerprint density at radius 2 is 1.94 bits per heavy atom. The third kappa shape index (κ3) is 3.07. The van der Waals surface area contributed by atoms with Crippen molar-refractivity contribution in [3.05, 3.63) is 81.3 Å². The van der Waals surface area contributed by atoms with E-state index in [-0.39, 0.29) is 23.8 Å². The smallest absolute Gasteiger partial charge is 0.300 e. The first-order valence-corrected chi connectivity index (χ1v) is 10.3. The molecule has 1 N–H and O–H groups in total. The Kier molecular flexibility index (Phi) is 4.51. The second-order valence-corrected chi connectivity index (χ2v) is 8.13. The molecule has 0 radical (unpaired) electrons. The number of anilines is 1. The van der Waals surface area contributed by atoms with E-state index in [2.05, 4.69) is 0 Å². The molecule has 3 aromatic rings. The van der Waals surface area contributed by atoms with Crippen molar-refractivity contribution in [3.8, 4) is 11.5 Å². The van der Waals surface area contributed by atoms with Crippen molar-refractivity contribution in [2.75, 3.05) is 11.7 Å². The standard InChI is InChI=1S/C23H16FNO5S/c1-12-7-8-31-22(12)19-18(20(26)13-5-6-16-17(9-13)30-11-29-16)21(27)23(28)25(19)15-4-2-3-14(24)10-15/h2-10,19,26H,11H2,1H3/b20-18-. The van der Waals surface area contributed by atoms with Crippen LogP contribution in [0.5, 0.6) is 11.5 Å². The van der Waals surface area contributed by atoms with Crippen LogP contribution in [0.4, 0.5) is 10.1 Å². The molecule has 3 heterocycles. The first-order valence-electron chi connectivity index (χ1n) is 9.46. The molecule has 1 fully saturated rings. The van der Waals surface area contributed by atoms with E-state index in [4.69, 9.17) is 9.47 Å². The number of amides is 1. The van der Waals surface area contributed by atoms with E-state index in [1.165, 1.54) is 34.4 Å². The molecule has 1 amide bonds. The minimum Gasteiger partial charge on any atom is -0.507 e. The maximum absolute atomic E-state index is 13.9. The Hall–Kier alpha value is -3.65. The average Bonchev–Trinajstić information content (AvgIpc) is 3.45. The summed E-state index contributed by atoms with van der Waals surface area (Å²) in [6.07, 6.45) is 0. The highest BCUT2D eigenvalue weighted by Gasteiger charge is 2.48. The van der Waals surface area contributed by atoms with Gasteiger partial charge in [-0.2, -0.15) is 0 Å². The van der Waals surface area contributed by atoms with Gasteiger partial charge in [-0.1, -0.05) is 6.07 Å². The zero-order valence-corrected chi connectivity index (χ0v) is 17.1. The van der Waals surface area contributed by atoms with Crippen LogP contribution in [0.25, 0.3) is 5.76 Å². The van der Waals surface area contributed by atoms with E-state index in [1.54, 1.807) is 24.3 Å². The first-order chi connectivity index (χ1) is 15.0. The van der Waals surface area contributed by atoms with Crippen molar-refractivity contribution in [2.45, 2.75) is 13.0 Å². The number of hydrogen-bond acceptors (Lipinski definition) is 6. The molecule has 0 saturated carbocycles. The summed E-state index contributed by atoms with van der Waals surface area (Å²) in [5.41, 5.74) is 1.36. The molecule has 1 saturated heterocycles. The molecule has 1 atom stereocenters. The molecule has 2 aliphatic heterocycles. The van der Waals surface area contributed by atoms with E-state index in [0.29, 0.717) is 21.9 Å². The van der Waals surface area contributed by atoms with Crippen LogP contribution < -0.4 is 14.4 Å². The number of nitrogens with zero attached hydrogens (tertiary/aromatic N) is 1. The molecule has 8 heteroatoms. The summed E-state index contributed by atoms with van der Waals surface area (Å²) in [6.45, 7) is 1.93. The number of carbonyl (C=O) groups is 2. The number of ether oxygens (including phenoxy) is 2. The van der Waals surface area contributed by atoms with Crippen LogP contribution in [-0.4, -0.2) is 23.6 Å². The molecule has 1 aromatic heterocycles. The number of hydrogen-bond donors (Lipinski definition) is 1. The van der Waals surface area contributed by atoms with E-state index in [1.807, 2.05) is 18.4 Å². The van der Waals surface area contributed by atoms with Crippen LogP contribution in [0, 0.1) is 12.7 Å². The maximum Gasteiger partial charge on any atom is 0.300 e. The molecule has 2 aliphatic rings. The Morgan fingerprint density at radius 1 is 1.13 bits per heavy atom. The topological polar surface area (TPSA) is 76.1 Å². The van der Waals surface area contributed by atoms with Gasteiger partial charge in [0.05, 0.1) is 5.57 Å². The van der Waals surface area contributed by atoms with Gasteiger partial charge in [0.2, 0.25) is 6.79 Å². The molecule has 31 heavy (non-hydrogen) atoms. The zero-order valence-electron chi connectivity index (χ0n) is 16.3. The van der Waals surface area contributed by atoms with Crippen LogP contribution in [0.1, 0.15) is 22.0 Å². The van der Waals surface area contributed by atoms with Crippen LogP contribution in [0.15, 0.2) is 59.5 Å². The monoisotopic (exact) mass is 437 g/mol. The van der Waals surface area contributed by atoms with Crippen molar-refractivity contribution < 1.29 is 28.6 Å². The molecule has 0 spiro atoms.